The number of benzene rings is 1. The Morgan fingerprint density at radius 3 is 2.85 bits per heavy atom. The fraction of sp³-hybridized carbons (Fsp3) is 0.500. The van der Waals surface area contributed by atoms with E-state index in [-0.39, 0.29) is 12.6 Å². The predicted molar refractivity (Wildman–Crippen MR) is 77.3 cm³/mol. The average molecular weight is 276 g/mol. The molecular formula is C14H20N4O2. The van der Waals surface area contributed by atoms with Crippen molar-refractivity contribution < 1.29 is 9.53 Å². The Morgan fingerprint density at radius 1 is 1.45 bits per heavy atom. The van der Waals surface area contributed by atoms with Gasteiger partial charge in [-0.05, 0) is 23.9 Å². The monoisotopic (exact) mass is 276 g/mol. The van der Waals surface area contributed by atoms with Crippen molar-refractivity contribution in [1.82, 2.24) is 5.32 Å². The van der Waals surface area contributed by atoms with Crippen LogP contribution in [0.15, 0.2) is 35.4 Å². The van der Waals surface area contributed by atoms with Crippen LogP contribution in [0, 0.1) is 0 Å². The van der Waals surface area contributed by atoms with Gasteiger partial charge in [0.15, 0.2) is 0 Å². The van der Waals surface area contributed by atoms with E-state index in [0.717, 1.165) is 18.4 Å². The van der Waals surface area contributed by atoms with Crippen molar-refractivity contribution in [3.63, 3.8) is 0 Å². The summed E-state index contributed by atoms with van der Waals surface area (Å²) in [6.45, 7) is 2.64. The first-order chi connectivity index (χ1) is 9.76. The first kappa shape index (κ1) is 15.9. The molecule has 108 valence electrons. The number of unbranched alkanes of at least 4 members (excludes halogenated alkanes) is 1. The van der Waals surface area contributed by atoms with Crippen LogP contribution in [-0.4, -0.2) is 25.3 Å². The molecule has 1 aromatic carbocycles. The van der Waals surface area contributed by atoms with Gasteiger partial charge in [0.1, 0.15) is 0 Å². The summed E-state index contributed by atoms with van der Waals surface area (Å²) in [6, 6.07) is 9.46. The summed E-state index contributed by atoms with van der Waals surface area (Å²) >= 11 is 0. The zero-order valence-electron chi connectivity index (χ0n) is 11.7. The maximum absolute atomic E-state index is 11.6. The number of amides is 1. The fourth-order valence-electron chi connectivity index (χ4n) is 1.71. The van der Waals surface area contributed by atoms with Crippen LogP contribution in [0.5, 0.6) is 0 Å². The number of nitrogens with one attached hydrogen (secondary N) is 1. The van der Waals surface area contributed by atoms with Crippen LogP contribution >= 0.6 is 0 Å². The molecule has 0 spiro atoms. The van der Waals surface area contributed by atoms with Crippen molar-refractivity contribution in [1.29, 1.82) is 0 Å². The lowest BCUT2D eigenvalue weighted by Crippen LogP contribution is -2.39. The van der Waals surface area contributed by atoms with Gasteiger partial charge in [-0.15, -0.1) is 0 Å². The molecule has 20 heavy (non-hydrogen) atoms. The van der Waals surface area contributed by atoms with Gasteiger partial charge in [0.2, 0.25) is 0 Å². The first-order valence-corrected chi connectivity index (χ1v) is 6.74. The summed E-state index contributed by atoms with van der Waals surface area (Å²) in [6.07, 6.45) is 1.95. The first-order valence-electron chi connectivity index (χ1n) is 6.74. The molecule has 1 amide bonds. The Morgan fingerprint density at radius 2 is 2.20 bits per heavy atom. The Bertz CT molecular complexity index is 444. The van der Waals surface area contributed by atoms with Gasteiger partial charge in [-0.2, -0.15) is 0 Å². The number of carbonyl (C=O) groups excluding carboxylic acids is 1. The predicted octanol–water partition coefficient (Wildman–Crippen LogP) is 3.43. The number of azide groups is 1. The third kappa shape index (κ3) is 6.66. The van der Waals surface area contributed by atoms with Gasteiger partial charge in [0.25, 0.3) is 0 Å². The number of rotatable bonds is 8. The summed E-state index contributed by atoms with van der Waals surface area (Å²) < 4.78 is 5.05. The Labute approximate surface area is 118 Å². The van der Waals surface area contributed by atoms with Crippen LogP contribution in [0.2, 0.25) is 0 Å². The van der Waals surface area contributed by atoms with Crippen molar-refractivity contribution in [2.75, 3.05) is 13.2 Å². The molecular weight excluding hydrogens is 256 g/mol. The summed E-state index contributed by atoms with van der Waals surface area (Å²) in [5.74, 6) is 0. The summed E-state index contributed by atoms with van der Waals surface area (Å²) in [5.41, 5.74) is 9.47. The van der Waals surface area contributed by atoms with E-state index in [2.05, 4.69) is 15.3 Å². The second-order valence-electron chi connectivity index (χ2n) is 4.43. The largest absolute Gasteiger partial charge is 0.450 e. The molecule has 1 rings (SSSR count). The van der Waals surface area contributed by atoms with E-state index in [0.29, 0.717) is 13.0 Å². The zero-order valence-corrected chi connectivity index (χ0v) is 11.7. The van der Waals surface area contributed by atoms with Crippen molar-refractivity contribution in [2.45, 2.75) is 32.2 Å². The third-order valence-electron chi connectivity index (χ3n) is 2.74. The van der Waals surface area contributed by atoms with Crippen LogP contribution in [0.25, 0.3) is 10.4 Å². The Kier molecular flexibility index (Phi) is 7.69. The SMILES string of the molecule is CCCCOC(=O)N[C@H](CN=[N+]=[N-])Cc1ccccc1. The normalized spacial score (nSPS) is 11.2. The minimum atomic E-state index is -0.465. The molecule has 0 aliphatic rings. The number of alkyl carbamates (subject to hydrolysis) is 1. The molecule has 0 unspecified atom stereocenters. The van der Waals surface area contributed by atoms with E-state index in [1.54, 1.807) is 0 Å². The Balaban J connectivity index is 2.51. The van der Waals surface area contributed by atoms with Crippen LogP contribution in [0.3, 0.4) is 0 Å². The molecule has 1 aromatic rings. The molecule has 0 saturated heterocycles. The molecule has 1 N–H and O–H groups in total. The number of carbonyl (C=O) groups is 1. The highest BCUT2D eigenvalue weighted by Gasteiger charge is 2.13. The van der Waals surface area contributed by atoms with Gasteiger partial charge >= 0.3 is 6.09 Å². The van der Waals surface area contributed by atoms with E-state index in [4.69, 9.17) is 10.3 Å². The topological polar surface area (TPSA) is 87.1 Å². The average Bonchev–Trinajstić information content (AvgIpc) is 2.46. The van der Waals surface area contributed by atoms with Gasteiger partial charge in [0.05, 0.1) is 6.61 Å². The molecule has 0 heterocycles. The highest BCUT2D eigenvalue weighted by Crippen LogP contribution is 2.04. The molecule has 1 atom stereocenters. The second kappa shape index (κ2) is 9.69. The number of hydrogen-bond acceptors (Lipinski definition) is 3. The van der Waals surface area contributed by atoms with E-state index in [1.165, 1.54) is 0 Å². The van der Waals surface area contributed by atoms with Gasteiger partial charge in [0, 0.05) is 17.5 Å². The molecule has 0 bridgehead atoms. The second-order valence-corrected chi connectivity index (χ2v) is 4.43. The maximum Gasteiger partial charge on any atom is 0.407 e. The van der Waals surface area contributed by atoms with Gasteiger partial charge in [-0.1, -0.05) is 48.8 Å². The quantitative estimate of drug-likeness (QED) is 0.341. The molecule has 0 aliphatic carbocycles. The lowest BCUT2D eigenvalue weighted by atomic mass is 10.1. The van der Waals surface area contributed by atoms with E-state index in [9.17, 15) is 4.79 Å². The minimum Gasteiger partial charge on any atom is -0.450 e. The lowest BCUT2D eigenvalue weighted by Gasteiger charge is -2.16. The van der Waals surface area contributed by atoms with Crippen LogP contribution in [0.1, 0.15) is 25.3 Å². The third-order valence-corrected chi connectivity index (χ3v) is 2.74. The van der Waals surface area contributed by atoms with Gasteiger partial charge in [-0.3, -0.25) is 0 Å². The van der Waals surface area contributed by atoms with Crippen molar-refractivity contribution >= 4 is 6.09 Å². The fourth-order valence-corrected chi connectivity index (χ4v) is 1.71. The molecule has 0 fully saturated rings. The zero-order chi connectivity index (χ0) is 14.6. The highest BCUT2D eigenvalue weighted by molar-refractivity contribution is 5.67. The lowest BCUT2D eigenvalue weighted by molar-refractivity contribution is 0.141. The minimum absolute atomic E-state index is 0.203. The number of ether oxygens (including phenoxy) is 1. The van der Waals surface area contributed by atoms with Crippen LogP contribution < -0.4 is 5.32 Å². The van der Waals surface area contributed by atoms with E-state index >= 15 is 0 Å². The highest BCUT2D eigenvalue weighted by atomic mass is 16.5. The summed E-state index contributed by atoms with van der Waals surface area (Å²) in [4.78, 5) is 14.3. The number of hydrogen-bond donors (Lipinski definition) is 1. The summed E-state index contributed by atoms with van der Waals surface area (Å²) in [5, 5.41) is 6.26. The standard InChI is InChI=1S/C14H20N4O2/c1-2-3-9-20-14(19)17-13(11-16-18-15)10-12-7-5-4-6-8-12/h4-8,13H,2-3,9-11H2,1H3,(H,17,19)/t13-/m0/s1. The molecule has 0 aliphatic heterocycles. The molecule has 0 aromatic heterocycles. The van der Waals surface area contributed by atoms with Crippen molar-refractivity contribution in [3.05, 3.63) is 46.3 Å². The Hall–Kier alpha value is -2.20. The molecule has 0 saturated carbocycles. The van der Waals surface area contributed by atoms with Gasteiger partial charge in [-0.25, -0.2) is 4.79 Å². The summed E-state index contributed by atoms with van der Waals surface area (Å²) in [7, 11) is 0. The maximum atomic E-state index is 11.6. The smallest absolute Gasteiger partial charge is 0.407 e. The molecule has 0 radical (unpaired) electrons. The van der Waals surface area contributed by atoms with Crippen molar-refractivity contribution in [3.8, 4) is 0 Å². The molecule has 6 nitrogen and oxygen atoms in total. The molecule has 6 heteroatoms. The van der Waals surface area contributed by atoms with E-state index in [1.807, 2.05) is 37.3 Å². The van der Waals surface area contributed by atoms with Crippen LogP contribution in [-0.2, 0) is 11.2 Å². The van der Waals surface area contributed by atoms with Crippen molar-refractivity contribution in [2.24, 2.45) is 5.11 Å². The number of nitrogens with zero attached hydrogens (tertiary/aromatic N) is 3. The van der Waals surface area contributed by atoms with E-state index < -0.39 is 6.09 Å². The van der Waals surface area contributed by atoms with Crippen LogP contribution in [0.4, 0.5) is 4.79 Å². The van der Waals surface area contributed by atoms with Gasteiger partial charge < -0.3 is 10.1 Å².